The van der Waals surface area contributed by atoms with Crippen molar-refractivity contribution >= 4 is 29.3 Å². The average molecular weight is 313 g/mol. The van der Waals surface area contributed by atoms with Gasteiger partial charge >= 0.3 is 12.0 Å². The van der Waals surface area contributed by atoms with E-state index in [9.17, 15) is 9.59 Å². The molecule has 3 N–H and O–H groups in total. The maximum atomic E-state index is 11.8. The van der Waals surface area contributed by atoms with Crippen LogP contribution in [0.25, 0.3) is 0 Å². The van der Waals surface area contributed by atoms with E-state index >= 15 is 0 Å². The molecule has 1 rings (SSSR count). The third-order valence-corrected chi connectivity index (χ3v) is 3.24. The van der Waals surface area contributed by atoms with E-state index in [1.807, 2.05) is 6.92 Å². The second-order valence-electron chi connectivity index (χ2n) is 5.03. The molecule has 0 saturated carbocycles. The molecule has 0 fully saturated rings. The van der Waals surface area contributed by atoms with Crippen molar-refractivity contribution in [2.24, 2.45) is 0 Å². The largest absolute Gasteiger partial charge is 0.478 e. The van der Waals surface area contributed by atoms with Gasteiger partial charge in [0.1, 0.15) is 0 Å². The number of rotatable bonds is 7. The Balaban J connectivity index is 2.56. The number of urea groups is 1. The second kappa shape index (κ2) is 8.52. The zero-order valence-electron chi connectivity index (χ0n) is 12.3. The van der Waals surface area contributed by atoms with E-state index in [0.29, 0.717) is 5.69 Å². The first kappa shape index (κ1) is 17.3. The van der Waals surface area contributed by atoms with Gasteiger partial charge in [0.05, 0.1) is 5.56 Å². The predicted octanol–water partition coefficient (Wildman–Crippen LogP) is 4.13. The van der Waals surface area contributed by atoms with Crippen molar-refractivity contribution in [2.75, 3.05) is 5.32 Å². The number of unbranched alkanes of at least 4 members (excludes halogenated alkanes) is 2. The lowest BCUT2D eigenvalue weighted by Gasteiger charge is -2.14. The maximum Gasteiger partial charge on any atom is 0.335 e. The summed E-state index contributed by atoms with van der Waals surface area (Å²) >= 11 is 5.83. The Labute approximate surface area is 129 Å². The number of carboxylic acid groups (broad SMARTS) is 1. The Morgan fingerprint density at radius 2 is 2.00 bits per heavy atom. The minimum Gasteiger partial charge on any atom is -0.478 e. The summed E-state index contributed by atoms with van der Waals surface area (Å²) in [5, 5.41) is 14.6. The van der Waals surface area contributed by atoms with Crippen LogP contribution in [0, 0.1) is 0 Å². The minimum absolute atomic E-state index is 0.0359. The summed E-state index contributed by atoms with van der Waals surface area (Å²) in [6.07, 6.45) is 4.26. The van der Waals surface area contributed by atoms with Crippen LogP contribution >= 0.6 is 11.6 Å². The zero-order chi connectivity index (χ0) is 15.8. The first-order valence-electron chi connectivity index (χ1n) is 7.03. The van der Waals surface area contributed by atoms with Gasteiger partial charge in [0.15, 0.2) is 0 Å². The van der Waals surface area contributed by atoms with Gasteiger partial charge in [-0.15, -0.1) is 0 Å². The lowest BCUT2D eigenvalue weighted by Crippen LogP contribution is -2.36. The van der Waals surface area contributed by atoms with E-state index < -0.39 is 5.97 Å². The van der Waals surface area contributed by atoms with E-state index in [1.165, 1.54) is 18.2 Å². The average Bonchev–Trinajstić information content (AvgIpc) is 2.37. The quantitative estimate of drug-likeness (QED) is 0.662. The molecule has 5 nitrogen and oxygen atoms in total. The summed E-state index contributed by atoms with van der Waals surface area (Å²) in [5.74, 6) is -1.09. The molecule has 0 spiro atoms. The van der Waals surface area contributed by atoms with E-state index in [0.717, 1.165) is 25.7 Å². The van der Waals surface area contributed by atoms with Crippen LogP contribution in [-0.4, -0.2) is 23.1 Å². The molecule has 0 aliphatic carbocycles. The molecular weight excluding hydrogens is 292 g/mol. The number of hydrogen-bond donors (Lipinski definition) is 3. The van der Waals surface area contributed by atoms with Crippen LogP contribution in [0.4, 0.5) is 10.5 Å². The lowest BCUT2D eigenvalue weighted by atomic mass is 10.1. The number of halogens is 1. The van der Waals surface area contributed by atoms with Crippen molar-refractivity contribution in [3.8, 4) is 0 Å². The Hall–Kier alpha value is -1.75. The van der Waals surface area contributed by atoms with Crippen molar-refractivity contribution in [1.29, 1.82) is 0 Å². The normalized spacial score (nSPS) is 11.8. The van der Waals surface area contributed by atoms with Crippen LogP contribution < -0.4 is 10.6 Å². The summed E-state index contributed by atoms with van der Waals surface area (Å²) in [5.41, 5.74) is 0.395. The number of carboxylic acids is 1. The van der Waals surface area contributed by atoms with Gasteiger partial charge in [-0.1, -0.05) is 37.8 Å². The first-order chi connectivity index (χ1) is 9.92. The van der Waals surface area contributed by atoms with Gasteiger partial charge in [-0.3, -0.25) is 0 Å². The van der Waals surface area contributed by atoms with E-state index in [4.69, 9.17) is 16.7 Å². The van der Waals surface area contributed by atoms with Gasteiger partial charge in [-0.2, -0.15) is 0 Å². The fraction of sp³-hybridized carbons (Fsp3) is 0.467. The molecule has 0 aliphatic heterocycles. The molecule has 6 heteroatoms. The van der Waals surface area contributed by atoms with Crippen LogP contribution in [-0.2, 0) is 0 Å². The molecular formula is C15H21ClN2O3. The fourth-order valence-electron chi connectivity index (χ4n) is 1.95. The van der Waals surface area contributed by atoms with Crippen LogP contribution in [0.3, 0.4) is 0 Å². The molecule has 1 aromatic rings. The van der Waals surface area contributed by atoms with E-state index in [-0.39, 0.29) is 22.7 Å². The molecule has 0 aromatic heterocycles. The summed E-state index contributed by atoms with van der Waals surface area (Å²) in [6.45, 7) is 4.07. The molecule has 1 atom stereocenters. The van der Waals surface area contributed by atoms with Crippen molar-refractivity contribution in [2.45, 2.75) is 45.6 Å². The predicted molar refractivity (Wildman–Crippen MR) is 84.2 cm³/mol. The summed E-state index contributed by atoms with van der Waals surface area (Å²) < 4.78 is 0. The van der Waals surface area contributed by atoms with Gasteiger partial charge < -0.3 is 15.7 Å². The molecule has 0 bridgehead atoms. The fourth-order valence-corrected chi connectivity index (χ4v) is 2.18. The standard InChI is InChI=1S/C15H21ClN2O3/c1-3-4-5-6-10(2)17-15(21)18-13-8-11(14(19)20)7-12(16)9-13/h7-10H,3-6H2,1-2H3,(H,19,20)(H2,17,18,21). The Morgan fingerprint density at radius 3 is 2.62 bits per heavy atom. The van der Waals surface area contributed by atoms with Crippen molar-refractivity contribution < 1.29 is 14.7 Å². The number of carbonyl (C=O) groups is 2. The smallest absolute Gasteiger partial charge is 0.335 e. The lowest BCUT2D eigenvalue weighted by molar-refractivity contribution is 0.0697. The highest BCUT2D eigenvalue weighted by atomic mass is 35.5. The van der Waals surface area contributed by atoms with Gasteiger partial charge in [0, 0.05) is 16.8 Å². The maximum absolute atomic E-state index is 11.8. The molecule has 0 radical (unpaired) electrons. The van der Waals surface area contributed by atoms with Crippen LogP contribution in [0.15, 0.2) is 18.2 Å². The van der Waals surface area contributed by atoms with Crippen LogP contribution in [0.1, 0.15) is 49.9 Å². The van der Waals surface area contributed by atoms with E-state index in [2.05, 4.69) is 17.6 Å². The summed E-state index contributed by atoms with van der Waals surface area (Å²) in [7, 11) is 0. The number of nitrogens with one attached hydrogen (secondary N) is 2. The summed E-state index contributed by atoms with van der Waals surface area (Å²) in [4.78, 5) is 22.8. The highest BCUT2D eigenvalue weighted by Gasteiger charge is 2.10. The number of amides is 2. The highest BCUT2D eigenvalue weighted by molar-refractivity contribution is 6.31. The minimum atomic E-state index is -1.09. The van der Waals surface area contributed by atoms with Gasteiger partial charge in [0.25, 0.3) is 0 Å². The Kier molecular flexibility index (Phi) is 7.02. The molecule has 0 heterocycles. The highest BCUT2D eigenvalue weighted by Crippen LogP contribution is 2.19. The van der Waals surface area contributed by atoms with Gasteiger partial charge in [-0.25, -0.2) is 9.59 Å². The topological polar surface area (TPSA) is 78.4 Å². The summed E-state index contributed by atoms with van der Waals surface area (Å²) in [6, 6.07) is 3.91. The Bertz CT molecular complexity index is 506. The third kappa shape index (κ3) is 6.49. The number of hydrogen-bond acceptors (Lipinski definition) is 2. The first-order valence-corrected chi connectivity index (χ1v) is 7.41. The molecule has 1 aromatic carbocycles. The number of benzene rings is 1. The number of aromatic carboxylic acids is 1. The van der Waals surface area contributed by atoms with Crippen molar-refractivity contribution in [3.63, 3.8) is 0 Å². The molecule has 0 saturated heterocycles. The van der Waals surface area contributed by atoms with Crippen molar-refractivity contribution in [1.82, 2.24) is 5.32 Å². The van der Waals surface area contributed by atoms with Gasteiger partial charge in [0.2, 0.25) is 0 Å². The molecule has 0 aliphatic rings. The third-order valence-electron chi connectivity index (χ3n) is 3.02. The molecule has 2 amide bonds. The van der Waals surface area contributed by atoms with Gasteiger partial charge in [-0.05, 0) is 31.5 Å². The molecule has 21 heavy (non-hydrogen) atoms. The Morgan fingerprint density at radius 1 is 1.29 bits per heavy atom. The van der Waals surface area contributed by atoms with Crippen LogP contribution in [0.5, 0.6) is 0 Å². The zero-order valence-corrected chi connectivity index (χ0v) is 13.0. The SMILES string of the molecule is CCCCCC(C)NC(=O)Nc1cc(Cl)cc(C(=O)O)c1. The number of carbonyl (C=O) groups excluding carboxylic acids is 1. The van der Waals surface area contributed by atoms with Crippen molar-refractivity contribution in [3.05, 3.63) is 28.8 Å². The second-order valence-corrected chi connectivity index (χ2v) is 5.47. The monoisotopic (exact) mass is 312 g/mol. The van der Waals surface area contributed by atoms with E-state index in [1.54, 1.807) is 0 Å². The number of anilines is 1. The van der Waals surface area contributed by atoms with Crippen LogP contribution in [0.2, 0.25) is 5.02 Å². The molecule has 1 unspecified atom stereocenters. The molecule has 116 valence electrons.